The molecule has 2 aliphatic rings. The van der Waals surface area contributed by atoms with Crippen LogP contribution < -0.4 is 5.32 Å². The molecule has 2 N–H and O–H groups in total. The van der Waals surface area contributed by atoms with Gasteiger partial charge in [0.05, 0.1) is 6.04 Å². The molecule has 0 radical (unpaired) electrons. The Bertz CT molecular complexity index is 544. The summed E-state index contributed by atoms with van der Waals surface area (Å²) < 4.78 is 0. The van der Waals surface area contributed by atoms with E-state index in [2.05, 4.69) is 17.1 Å². The smallest absolute Gasteiger partial charge is 0.237 e. The maximum atomic E-state index is 12.6. The second-order valence-electron chi connectivity index (χ2n) is 6.54. The van der Waals surface area contributed by atoms with Crippen LogP contribution in [-0.4, -0.2) is 41.1 Å². The summed E-state index contributed by atoms with van der Waals surface area (Å²) in [6, 6.07) is 5.83. The zero-order valence-corrected chi connectivity index (χ0v) is 13.3. The van der Waals surface area contributed by atoms with Crippen LogP contribution in [0.25, 0.3) is 0 Å². The average Bonchev–Trinajstić information content (AvgIpc) is 2.54. The van der Waals surface area contributed by atoms with E-state index >= 15 is 0 Å². The summed E-state index contributed by atoms with van der Waals surface area (Å²) in [6.45, 7) is 4.11. The van der Waals surface area contributed by atoms with Gasteiger partial charge in [-0.25, -0.2) is 0 Å². The number of phenols is 1. The Morgan fingerprint density at radius 3 is 3.00 bits per heavy atom. The molecule has 1 aliphatic carbocycles. The van der Waals surface area contributed by atoms with Gasteiger partial charge in [0.2, 0.25) is 5.91 Å². The van der Waals surface area contributed by atoms with Gasteiger partial charge in [0, 0.05) is 6.04 Å². The molecule has 0 bridgehead atoms. The summed E-state index contributed by atoms with van der Waals surface area (Å²) in [5.74, 6) is 0.505. The minimum absolute atomic E-state index is 0.0457. The molecule has 1 aromatic carbocycles. The number of rotatable bonds is 3. The summed E-state index contributed by atoms with van der Waals surface area (Å²) >= 11 is 0. The summed E-state index contributed by atoms with van der Waals surface area (Å²) in [4.78, 5) is 14.9. The van der Waals surface area contributed by atoms with E-state index in [1.54, 1.807) is 6.07 Å². The first-order chi connectivity index (χ1) is 10.7. The third-order valence-electron chi connectivity index (χ3n) is 5.09. The van der Waals surface area contributed by atoms with Gasteiger partial charge in [-0.2, -0.15) is 0 Å². The van der Waals surface area contributed by atoms with Crippen LogP contribution in [0.2, 0.25) is 0 Å². The molecule has 1 fully saturated rings. The fourth-order valence-electron chi connectivity index (χ4n) is 3.83. The predicted molar refractivity (Wildman–Crippen MR) is 86.9 cm³/mol. The number of hydrogen-bond donors (Lipinski definition) is 2. The lowest BCUT2D eigenvalue weighted by molar-refractivity contribution is -0.128. The first kappa shape index (κ1) is 15.3. The van der Waals surface area contributed by atoms with E-state index in [0.29, 0.717) is 5.75 Å². The monoisotopic (exact) mass is 302 g/mol. The van der Waals surface area contributed by atoms with Crippen LogP contribution >= 0.6 is 0 Å². The van der Waals surface area contributed by atoms with Crippen LogP contribution in [0.15, 0.2) is 18.2 Å². The van der Waals surface area contributed by atoms with Crippen molar-refractivity contribution in [3.05, 3.63) is 29.3 Å². The van der Waals surface area contributed by atoms with Crippen molar-refractivity contribution in [3.8, 4) is 5.75 Å². The van der Waals surface area contributed by atoms with Crippen LogP contribution in [0.4, 0.5) is 0 Å². The molecule has 22 heavy (non-hydrogen) atoms. The first-order valence-corrected chi connectivity index (χ1v) is 8.52. The van der Waals surface area contributed by atoms with Gasteiger partial charge < -0.3 is 10.4 Å². The number of nitrogens with one attached hydrogen (secondary N) is 1. The predicted octanol–water partition coefficient (Wildman–Crippen LogP) is 2.24. The van der Waals surface area contributed by atoms with Crippen LogP contribution in [0.5, 0.6) is 5.75 Å². The Morgan fingerprint density at radius 2 is 2.18 bits per heavy atom. The molecular weight excluding hydrogens is 276 g/mol. The van der Waals surface area contributed by atoms with Crippen LogP contribution in [0.3, 0.4) is 0 Å². The summed E-state index contributed by atoms with van der Waals surface area (Å²) in [7, 11) is 0. The molecule has 2 atom stereocenters. The highest BCUT2D eigenvalue weighted by Gasteiger charge is 2.29. The van der Waals surface area contributed by atoms with Gasteiger partial charge in [0.25, 0.3) is 0 Å². The molecule has 2 unspecified atom stereocenters. The SMILES string of the molecule is CCN1CCCCC1C(=O)NC1CCc2ccc(O)cc2C1. The van der Waals surface area contributed by atoms with Crippen molar-refractivity contribution < 1.29 is 9.90 Å². The minimum atomic E-state index is 0.0457. The molecule has 120 valence electrons. The highest BCUT2D eigenvalue weighted by molar-refractivity contribution is 5.82. The third kappa shape index (κ3) is 3.27. The summed E-state index contributed by atoms with van der Waals surface area (Å²) in [6.07, 6.45) is 6.12. The van der Waals surface area contributed by atoms with E-state index in [4.69, 9.17) is 0 Å². The summed E-state index contributed by atoms with van der Waals surface area (Å²) in [5.41, 5.74) is 2.48. The van der Waals surface area contributed by atoms with E-state index in [1.807, 2.05) is 12.1 Å². The van der Waals surface area contributed by atoms with Gasteiger partial charge in [-0.15, -0.1) is 0 Å². The molecule has 1 aromatic rings. The quantitative estimate of drug-likeness (QED) is 0.900. The Kier molecular flexibility index (Phi) is 4.67. The number of piperidine rings is 1. The molecule has 4 nitrogen and oxygen atoms in total. The van der Waals surface area contributed by atoms with Crippen LogP contribution in [0.1, 0.15) is 43.7 Å². The molecule has 0 aromatic heterocycles. The van der Waals surface area contributed by atoms with E-state index in [9.17, 15) is 9.90 Å². The number of likely N-dealkylation sites (tertiary alicyclic amines) is 1. The maximum absolute atomic E-state index is 12.6. The molecule has 4 heteroatoms. The van der Waals surface area contributed by atoms with Gasteiger partial charge in [0.1, 0.15) is 5.75 Å². The van der Waals surface area contributed by atoms with Crippen molar-refractivity contribution in [1.82, 2.24) is 10.2 Å². The number of aryl methyl sites for hydroxylation is 1. The van der Waals surface area contributed by atoms with Crippen molar-refractivity contribution in [2.45, 2.75) is 57.5 Å². The lowest BCUT2D eigenvalue weighted by atomic mass is 9.88. The second kappa shape index (κ2) is 6.69. The van der Waals surface area contributed by atoms with Crippen molar-refractivity contribution in [2.24, 2.45) is 0 Å². The number of phenolic OH excluding ortho intramolecular Hbond substituents is 1. The van der Waals surface area contributed by atoms with Crippen molar-refractivity contribution in [1.29, 1.82) is 0 Å². The number of benzene rings is 1. The molecule has 1 aliphatic heterocycles. The minimum Gasteiger partial charge on any atom is -0.508 e. The van der Waals surface area contributed by atoms with Crippen LogP contribution in [0, 0.1) is 0 Å². The largest absolute Gasteiger partial charge is 0.508 e. The van der Waals surface area contributed by atoms with Gasteiger partial charge in [0.15, 0.2) is 0 Å². The fourth-order valence-corrected chi connectivity index (χ4v) is 3.83. The van der Waals surface area contributed by atoms with E-state index in [1.165, 1.54) is 17.5 Å². The normalized spacial score (nSPS) is 25.5. The lowest BCUT2D eigenvalue weighted by Crippen LogP contribution is -2.52. The van der Waals surface area contributed by atoms with Gasteiger partial charge in [-0.1, -0.05) is 19.4 Å². The standard InChI is InChI=1S/C18H26N2O2/c1-2-20-10-4-3-5-17(20)18(22)19-15-8-6-13-7-9-16(21)12-14(13)11-15/h7,9,12,15,17,21H,2-6,8,10-11H2,1H3,(H,19,22). The summed E-state index contributed by atoms with van der Waals surface area (Å²) in [5, 5.41) is 12.9. The average molecular weight is 302 g/mol. The van der Waals surface area contributed by atoms with Crippen LogP contribution in [-0.2, 0) is 17.6 Å². The highest BCUT2D eigenvalue weighted by atomic mass is 16.3. The van der Waals surface area contributed by atoms with Gasteiger partial charge in [-0.3, -0.25) is 9.69 Å². The molecule has 1 amide bonds. The number of amides is 1. The molecule has 3 rings (SSSR count). The lowest BCUT2D eigenvalue weighted by Gasteiger charge is -2.35. The Hall–Kier alpha value is -1.55. The Morgan fingerprint density at radius 1 is 1.32 bits per heavy atom. The second-order valence-corrected chi connectivity index (χ2v) is 6.54. The molecule has 1 saturated heterocycles. The van der Waals surface area contributed by atoms with E-state index in [-0.39, 0.29) is 18.0 Å². The highest BCUT2D eigenvalue weighted by Crippen LogP contribution is 2.25. The number of hydrogen-bond acceptors (Lipinski definition) is 3. The number of carbonyl (C=O) groups excluding carboxylic acids is 1. The zero-order chi connectivity index (χ0) is 15.5. The van der Waals surface area contributed by atoms with E-state index < -0.39 is 0 Å². The maximum Gasteiger partial charge on any atom is 0.237 e. The van der Waals surface area contributed by atoms with Crippen molar-refractivity contribution in [3.63, 3.8) is 0 Å². The zero-order valence-electron chi connectivity index (χ0n) is 13.3. The molecular formula is C18H26N2O2. The van der Waals surface area contributed by atoms with Gasteiger partial charge >= 0.3 is 0 Å². The molecule has 0 saturated carbocycles. The number of aromatic hydroxyl groups is 1. The fraction of sp³-hybridized carbons (Fsp3) is 0.611. The van der Waals surface area contributed by atoms with Crippen molar-refractivity contribution in [2.75, 3.05) is 13.1 Å². The number of nitrogens with zero attached hydrogens (tertiary/aromatic N) is 1. The molecule has 0 spiro atoms. The third-order valence-corrected chi connectivity index (χ3v) is 5.09. The topological polar surface area (TPSA) is 52.6 Å². The number of fused-ring (bicyclic) bond motifs is 1. The molecule has 1 heterocycles. The Labute approximate surface area is 132 Å². The Balaban J connectivity index is 1.63. The van der Waals surface area contributed by atoms with Gasteiger partial charge in [-0.05, 0) is 68.5 Å². The van der Waals surface area contributed by atoms with Crippen molar-refractivity contribution >= 4 is 5.91 Å². The number of likely N-dealkylation sites (N-methyl/N-ethyl adjacent to an activating group) is 1. The first-order valence-electron chi connectivity index (χ1n) is 8.52. The van der Waals surface area contributed by atoms with E-state index in [0.717, 1.165) is 45.2 Å². The number of carbonyl (C=O) groups is 1.